The summed E-state index contributed by atoms with van der Waals surface area (Å²) in [4.78, 5) is 65.2. The molecule has 10 nitrogen and oxygen atoms in total. The molecular weight excluding hydrogens is 652 g/mol. The number of hydrogen-bond acceptors (Lipinski definition) is 7. The fourth-order valence-electron chi connectivity index (χ4n) is 7.93. The van der Waals surface area contributed by atoms with Crippen LogP contribution < -0.4 is 9.80 Å². The zero-order valence-corrected chi connectivity index (χ0v) is 26.5. The minimum absolute atomic E-state index is 0.0329. The van der Waals surface area contributed by atoms with E-state index in [1.807, 2.05) is 0 Å². The molecule has 13 heteroatoms. The Kier molecular flexibility index (Phi) is 6.89. The van der Waals surface area contributed by atoms with Crippen LogP contribution in [0.15, 0.2) is 72.3 Å². The van der Waals surface area contributed by atoms with Crippen LogP contribution in [-0.2, 0) is 19.2 Å². The van der Waals surface area contributed by atoms with Gasteiger partial charge < -0.3 is 5.11 Å². The molecule has 2 aliphatic carbocycles. The summed E-state index contributed by atoms with van der Waals surface area (Å²) in [6, 6.07) is 13.3. The monoisotopic (exact) mass is 677 g/mol. The van der Waals surface area contributed by atoms with Crippen LogP contribution >= 0.6 is 23.2 Å². The van der Waals surface area contributed by atoms with Crippen LogP contribution in [0.2, 0.25) is 0 Å². The third-order valence-electron chi connectivity index (χ3n) is 10.0. The number of halogens is 3. The molecule has 0 radical (unpaired) electrons. The predicted octanol–water partition coefficient (Wildman–Crippen LogP) is 5.82. The fraction of sp³-hybridized carbons (Fsp3) is 0.294. The molecule has 6 unspecified atom stereocenters. The van der Waals surface area contributed by atoms with Crippen LogP contribution in [0.5, 0.6) is 5.75 Å². The van der Waals surface area contributed by atoms with Crippen LogP contribution in [0.3, 0.4) is 0 Å². The van der Waals surface area contributed by atoms with Crippen molar-refractivity contribution in [2.24, 2.45) is 17.8 Å². The SMILES string of the molecule is Cc1cc(C2C3=CCC4C(=O)N(c5cccc([N+](=O)[O-])c5)C(=O)C4C3CC3(Cl)C(=O)N(c4ccc(F)cc4)C(=O)C23Cl)cc(C)c1O. The number of nitro benzene ring substituents is 1. The molecule has 3 aromatic rings. The van der Waals surface area contributed by atoms with Crippen molar-refractivity contribution in [1.29, 1.82) is 0 Å². The fourth-order valence-corrected chi connectivity index (χ4v) is 8.86. The first-order valence-corrected chi connectivity index (χ1v) is 15.6. The summed E-state index contributed by atoms with van der Waals surface area (Å²) in [7, 11) is 0. The lowest BCUT2D eigenvalue weighted by Crippen LogP contribution is -2.60. The molecule has 2 heterocycles. The second kappa shape index (κ2) is 10.4. The van der Waals surface area contributed by atoms with E-state index in [4.69, 9.17) is 23.2 Å². The van der Waals surface area contributed by atoms with Crippen molar-refractivity contribution in [3.05, 3.63) is 105 Å². The van der Waals surface area contributed by atoms with Crippen LogP contribution in [0.1, 0.15) is 35.4 Å². The molecule has 7 rings (SSSR count). The van der Waals surface area contributed by atoms with Crippen molar-refractivity contribution in [1.82, 2.24) is 0 Å². The van der Waals surface area contributed by atoms with Crippen LogP contribution in [0.25, 0.3) is 0 Å². The number of hydrogen-bond donors (Lipinski definition) is 1. The van der Waals surface area contributed by atoms with Gasteiger partial charge >= 0.3 is 0 Å². The number of imide groups is 2. The summed E-state index contributed by atoms with van der Waals surface area (Å²) in [5, 5.41) is 22.1. The summed E-state index contributed by atoms with van der Waals surface area (Å²) in [5.74, 6) is -7.15. The number of phenolic OH excluding ortho intramolecular Hbond substituents is 1. The lowest BCUT2D eigenvalue weighted by molar-refractivity contribution is -0.384. The Hall–Kier alpha value is -4.61. The number of carbonyl (C=O) groups is 4. The maximum absolute atomic E-state index is 14.5. The zero-order chi connectivity index (χ0) is 33.7. The maximum Gasteiger partial charge on any atom is 0.271 e. The highest BCUT2D eigenvalue weighted by molar-refractivity contribution is 6.58. The van der Waals surface area contributed by atoms with Gasteiger partial charge in [-0.15, -0.1) is 23.2 Å². The number of amides is 4. The third-order valence-corrected chi connectivity index (χ3v) is 11.5. The van der Waals surface area contributed by atoms with Gasteiger partial charge in [-0.05, 0) is 79.6 Å². The first-order chi connectivity index (χ1) is 22.2. The number of allylic oxidation sites excluding steroid dienone is 2. The van der Waals surface area contributed by atoms with Gasteiger partial charge in [0, 0.05) is 18.1 Å². The molecule has 4 aliphatic rings. The maximum atomic E-state index is 14.5. The Morgan fingerprint density at radius 1 is 0.894 bits per heavy atom. The highest BCUT2D eigenvalue weighted by Crippen LogP contribution is 2.66. The molecule has 0 spiro atoms. The van der Waals surface area contributed by atoms with Crippen molar-refractivity contribution in [3.8, 4) is 5.75 Å². The Morgan fingerprint density at radius 3 is 2.19 bits per heavy atom. The lowest BCUT2D eigenvalue weighted by Gasteiger charge is -2.50. The van der Waals surface area contributed by atoms with Gasteiger partial charge in [0.25, 0.3) is 17.5 Å². The molecule has 0 aromatic heterocycles. The molecule has 3 aromatic carbocycles. The molecule has 240 valence electrons. The first kappa shape index (κ1) is 31.0. The number of fused-ring (bicyclic) bond motifs is 4. The van der Waals surface area contributed by atoms with E-state index in [9.17, 15) is 38.8 Å². The van der Waals surface area contributed by atoms with Crippen molar-refractivity contribution in [2.75, 3.05) is 9.80 Å². The number of rotatable bonds is 4. The smallest absolute Gasteiger partial charge is 0.271 e. The lowest BCUT2D eigenvalue weighted by atomic mass is 9.56. The number of benzene rings is 3. The van der Waals surface area contributed by atoms with Crippen molar-refractivity contribution in [2.45, 2.75) is 42.4 Å². The number of alkyl halides is 2. The predicted molar refractivity (Wildman–Crippen MR) is 170 cm³/mol. The number of anilines is 2. The minimum Gasteiger partial charge on any atom is -0.507 e. The van der Waals surface area contributed by atoms with E-state index >= 15 is 0 Å². The summed E-state index contributed by atoms with van der Waals surface area (Å²) < 4.78 is 13.9. The summed E-state index contributed by atoms with van der Waals surface area (Å²) in [6.45, 7) is 3.35. The van der Waals surface area contributed by atoms with Crippen molar-refractivity contribution in [3.63, 3.8) is 0 Å². The highest BCUT2D eigenvalue weighted by atomic mass is 35.5. The van der Waals surface area contributed by atoms with E-state index in [2.05, 4.69) is 0 Å². The molecule has 0 bridgehead atoms. The molecule has 1 saturated carbocycles. The van der Waals surface area contributed by atoms with Gasteiger partial charge in [0.15, 0.2) is 9.75 Å². The number of phenols is 1. The van der Waals surface area contributed by atoms with Gasteiger partial charge in [-0.2, -0.15) is 0 Å². The molecule has 3 fully saturated rings. The number of nitro groups is 1. The topological polar surface area (TPSA) is 138 Å². The van der Waals surface area contributed by atoms with Gasteiger partial charge in [0.05, 0.1) is 28.1 Å². The molecule has 1 N–H and O–H groups in total. The number of carbonyl (C=O) groups excluding carboxylic acids is 4. The number of aryl methyl sites for hydroxylation is 2. The summed E-state index contributed by atoms with van der Waals surface area (Å²) in [6.07, 6.45) is 1.60. The van der Waals surface area contributed by atoms with E-state index < -0.39 is 67.8 Å². The first-order valence-electron chi connectivity index (χ1n) is 14.9. The Balaban J connectivity index is 1.40. The number of aromatic hydroxyl groups is 1. The van der Waals surface area contributed by atoms with Crippen LogP contribution in [-0.4, -0.2) is 43.4 Å². The Morgan fingerprint density at radius 2 is 1.55 bits per heavy atom. The quantitative estimate of drug-likeness (QED) is 0.121. The molecule has 2 saturated heterocycles. The molecule has 47 heavy (non-hydrogen) atoms. The molecular formula is C34H26Cl2FN3O7. The van der Waals surface area contributed by atoms with E-state index in [1.165, 1.54) is 30.3 Å². The second-order valence-electron chi connectivity index (χ2n) is 12.5. The van der Waals surface area contributed by atoms with Gasteiger partial charge in [0.1, 0.15) is 11.6 Å². The standard InChI is InChI=1S/C34H26Cl2FN3O7/c1-16-12-18(13-17(2)28(16)41)27-23-10-11-24-26(30(43)38(29(24)42)21-4-3-5-22(14-21)40(46)47)25(23)15-33(35)31(44)39(32(45)34(27,33)36)20-8-6-19(37)7-9-20/h3-10,12-14,24-27,41H,11,15H2,1-2H3. The van der Waals surface area contributed by atoms with E-state index in [0.717, 1.165) is 28.0 Å². The van der Waals surface area contributed by atoms with Gasteiger partial charge in [-0.1, -0.05) is 29.8 Å². The van der Waals surface area contributed by atoms with Crippen LogP contribution in [0, 0.1) is 47.5 Å². The largest absolute Gasteiger partial charge is 0.507 e. The average Bonchev–Trinajstić information content (AvgIpc) is 3.37. The summed E-state index contributed by atoms with van der Waals surface area (Å²) >= 11 is 14.7. The van der Waals surface area contributed by atoms with Gasteiger partial charge in [0.2, 0.25) is 11.8 Å². The minimum atomic E-state index is -2.11. The zero-order valence-electron chi connectivity index (χ0n) is 24.9. The van der Waals surface area contributed by atoms with E-state index in [0.29, 0.717) is 22.3 Å². The molecule has 2 aliphatic heterocycles. The van der Waals surface area contributed by atoms with E-state index in [-0.39, 0.29) is 35.7 Å². The number of nitrogens with zero attached hydrogens (tertiary/aromatic N) is 3. The highest BCUT2D eigenvalue weighted by Gasteiger charge is 2.76. The third kappa shape index (κ3) is 4.15. The molecule has 4 amide bonds. The normalized spacial score (nSPS) is 29.9. The van der Waals surface area contributed by atoms with Crippen molar-refractivity contribution < 1.29 is 33.6 Å². The van der Waals surface area contributed by atoms with Gasteiger partial charge in [-0.3, -0.25) is 29.3 Å². The Labute approximate surface area is 277 Å². The van der Waals surface area contributed by atoms with Gasteiger partial charge in [-0.25, -0.2) is 14.2 Å². The molecule has 6 atom stereocenters. The number of non-ortho nitro benzene ring substituents is 1. The summed E-state index contributed by atoms with van der Waals surface area (Å²) in [5.41, 5.74) is 1.79. The van der Waals surface area contributed by atoms with E-state index in [1.54, 1.807) is 32.1 Å². The van der Waals surface area contributed by atoms with Crippen LogP contribution in [0.4, 0.5) is 21.5 Å². The second-order valence-corrected chi connectivity index (χ2v) is 13.8. The van der Waals surface area contributed by atoms with Crippen molar-refractivity contribution >= 4 is 63.9 Å². The average molecular weight is 679 g/mol. The Bertz CT molecular complexity index is 1960.